The minimum absolute atomic E-state index is 0.152. The minimum atomic E-state index is 0.152. The smallest absolute Gasteiger partial charge is 0.124 e. The van der Waals surface area contributed by atoms with Crippen LogP contribution >= 0.6 is 0 Å². The largest absolute Gasteiger partial charge is 0.384 e. The number of benzene rings is 2. The highest BCUT2D eigenvalue weighted by atomic mass is 14.8. The summed E-state index contributed by atoms with van der Waals surface area (Å²) in [6.07, 6.45) is 4.66. The maximum absolute atomic E-state index is 6.39. The van der Waals surface area contributed by atoms with E-state index in [2.05, 4.69) is 48.3 Å². The van der Waals surface area contributed by atoms with Crippen molar-refractivity contribution in [3.05, 3.63) is 59.2 Å². The van der Waals surface area contributed by atoms with E-state index < -0.39 is 0 Å². The zero-order chi connectivity index (χ0) is 16.7. The van der Waals surface area contributed by atoms with Crippen LogP contribution in [0.25, 0.3) is 22.0 Å². The molecule has 0 bridgehead atoms. The fourth-order valence-corrected chi connectivity index (χ4v) is 3.79. The molecule has 0 amide bonds. The van der Waals surface area contributed by atoms with E-state index in [-0.39, 0.29) is 6.04 Å². The van der Waals surface area contributed by atoms with Crippen LogP contribution in [0.3, 0.4) is 0 Å². The van der Waals surface area contributed by atoms with E-state index in [1.165, 1.54) is 35.1 Å². The lowest BCUT2D eigenvalue weighted by Gasteiger charge is -2.15. The van der Waals surface area contributed by atoms with Gasteiger partial charge in [-0.15, -0.1) is 0 Å². The number of nitrogens with two attached hydrogens (primary N) is 2. The number of anilines is 1. The summed E-state index contributed by atoms with van der Waals surface area (Å²) < 4.78 is 0. The van der Waals surface area contributed by atoms with Gasteiger partial charge in [0.2, 0.25) is 0 Å². The Morgan fingerprint density at radius 2 is 1.79 bits per heavy atom. The summed E-state index contributed by atoms with van der Waals surface area (Å²) in [6, 6.07) is 15.2. The summed E-state index contributed by atoms with van der Waals surface area (Å²) in [7, 11) is 0. The quantitative estimate of drug-likeness (QED) is 0.649. The van der Waals surface area contributed by atoms with Crippen molar-refractivity contribution in [1.82, 2.24) is 4.98 Å². The highest BCUT2D eigenvalue weighted by molar-refractivity contribution is 5.88. The number of hydrogen-bond acceptors (Lipinski definition) is 3. The molecule has 1 heterocycles. The first-order valence-corrected chi connectivity index (χ1v) is 8.67. The molecule has 1 aliphatic rings. The number of fused-ring (bicyclic) bond motifs is 2. The summed E-state index contributed by atoms with van der Waals surface area (Å²) in [6.45, 7) is 2.07. The van der Waals surface area contributed by atoms with Crippen LogP contribution in [0.1, 0.15) is 42.0 Å². The van der Waals surface area contributed by atoms with Gasteiger partial charge in [0.1, 0.15) is 5.82 Å². The molecule has 1 atom stereocenters. The van der Waals surface area contributed by atoms with Gasteiger partial charge in [0, 0.05) is 11.4 Å². The summed E-state index contributed by atoms with van der Waals surface area (Å²) in [5.74, 6) is 0.570. The molecule has 0 radical (unpaired) electrons. The summed E-state index contributed by atoms with van der Waals surface area (Å²) in [5, 5.41) is 1.15. The number of aryl methyl sites for hydroxylation is 2. The van der Waals surface area contributed by atoms with Crippen molar-refractivity contribution in [3.8, 4) is 11.1 Å². The van der Waals surface area contributed by atoms with Crippen molar-refractivity contribution in [2.24, 2.45) is 5.73 Å². The van der Waals surface area contributed by atoms with Crippen LogP contribution in [-0.4, -0.2) is 4.98 Å². The highest BCUT2D eigenvalue weighted by Gasteiger charge is 2.16. The third-order valence-electron chi connectivity index (χ3n) is 5.13. The van der Waals surface area contributed by atoms with Gasteiger partial charge in [0.25, 0.3) is 0 Å². The normalized spacial score (nSPS) is 17.5. The van der Waals surface area contributed by atoms with Crippen LogP contribution in [0.5, 0.6) is 0 Å². The molecule has 0 saturated heterocycles. The van der Waals surface area contributed by atoms with Gasteiger partial charge in [-0.2, -0.15) is 0 Å². The fourth-order valence-electron chi connectivity index (χ4n) is 3.79. The molecular formula is C21H23N3. The molecule has 0 unspecified atom stereocenters. The third kappa shape index (κ3) is 2.65. The second-order valence-corrected chi connectivity index (χ2v) is 6.86. The van der Waals surface area contributed by atoms with E-state index in [0.29, 0.717) is 5.82 Å². The average molecular weight is 317 g/mol. The number of rotatable bonds is 1. The number of pyridine rings is 1. The van der Waals surface area contributed by atoms with Gasteiger partial charge in [-0.25, -0.2) is 4.98 Å². The molecule has 0 fully saturated rings. The first-order chi connectivity index (χ1) is 11.6. The van der Waals surface area contributed by atoms with Crippen molar-refractivity contribution in [2.75, 3.05) is 5.73 Å². The number of nitrogens with zero attached hydrogens (tertiary/aromatic N) is 1. The Bertz CT molecular complexity index is 914. The zero-order valence-corrected chi connectivity index (χ0v) is 14.0. The van der Waals surface area contributed by atoms with Crippen LogP contribution in [0.4, 0.5) is 5.82 Å². The van der Waals surface area contributed by atoms with Crippen molar-refractivity contribution >= 4 is 16.7 Å². The molecule has 24 heavy (non-hydrogen) atoms. The SMILES string of the molecule is Cc1cc(N)nc2cc(-c3ccc4c(c3)[C@@H](N)CCCC4)ccc12. The fraction of sp³-hybridized carbons (Fsp3) is 0.286. The Labute approximate surface area is 142 Å². The van der Waals surface area contributed by atoms with Crippen LogP contribution in [0.15, 0.2) is 42.5 Å². The molecule has 122 valence electrons. The predicted molar refractivity (Wildman–Crippen MR) is 101 cm³/mol. The standard InChI is InChI=1S/C21H23N3/c1-13-10-21(23)24-20-12-16(8-9-17(13)20)15-7-6-14-4-2-3-5-19(22)18(14)11-15/h6-12,19H,2-5,22H2,1H3,(H2,23,24)/t19-/m0/s1. The van der Waals surface area contributed by atoms with Gasteiger partial charge in [-0.1, -0.05) is 30.7 Å². The topological polar surface area (TPSA) is 64.9 Å². The second-order valence-electron chi connectivity index (χ2n) is 6.86. The molecule has 0 aliphatic heterocycles. The molecule has 0 spiro atoms. The molecule has 4 rings (SSSR count). The Morgan fingerprint density at radius 1 is 1.00 bits per heavy atom. The molecule has 4 N–H and O–H groups in total. The predicted octanol–water partition coefficient (Wildman–Crippen LogP) is 4.52. The molecule has 3 nitrogen and oxygen atoms in total. The van der Waals surface area contributed by atoms with Crippen LogP contribution in [0, 0.1) is 6.92 Å². The number of hydrogen-bond donors (Lipinski definition) is 2. The van der Waals surface area contributed by atoms with E-state index in [4.69, 9.17) is 11.5 Å². The molecule has 3 aromatic rings. The van der Waals surface area contributed by atoms with E-state index in [0.717, 1.165) is 29.3 Å². The van der Waals surface area contributed by atoms with Crippen LogP contribution in [-0.2, 0) is 6.42 Å². The Kier molecular flexibility index (Phi) is 3.73. The molecule has 1 aromatic heterocycles. The lowest BCUT2D eigenvalue weighted by molar-refractivity contribution is 0.615. The first-order valence-electron chi connectivity index (χ1n) is 8.67. The average Bonchev–Trinajstić information content (AvgIpc) is 2.75. The maximum atomic E-state index is 6.39. The van der Waals surface area contributed by atoms with E-state index >= 15 is 0 Å². The van der Waals surface area contributed by atoms with Gasteiger partial charge in [0.05, 0.1) is 5.52 Å². The molecule has 1 aliphatic carbocycles. The second kappa shape index (κ2) is 5.91. The van der Waals surface area contributed by atoms with Crippen LogP contribution < -0.4 is 11.5 Å². The summed E-state index contributed by atoms with van der Waals surface area (Å²) >= 11 is 0. The lowest BCUT2D eigenvalue weighted by atomic mass is 9.94. The number of aromatic nitrogens is 1. The summed E-state index contributed by atoms with van der Waals surface area (Å²) in [5.41, 5.74) is 19.5. The molecule has 3 heteroatoms. The number of nitrogen functional groups attached to an aromatic ring is 1. The molecular weight excluding hydrogens is 294 g/mol. The van der Waals surface area contributed by atoms with Gasteiger partial charge < -0.3 is 11.5 Å². The zero-order valence-electron chi connectivity index (χ0n) is 14.0. The van der Waals surface area contributed by atoms with Crippen LogP contribution in [0.2, 0.25) is 0 Å². The van der Waals surface area contributed by atoms with E-state index in [1.54, 1.807) is 0 Å². The molecule has 2 aromatic carbocycles. The summed E-state index contributed by atoms with van der Waals surface area (Å²) in [4.78, 5) is 4.49. The van der Waals surface area contributed by atoms with Gasteiger partial charge in [-0.05, 0) is 72.2 Å². The Morgan fingerprint density at radius 3 is 2.67 bits per heavy atom. The third-order valence-corrected chi connectivity index (χ3v) is 5.13. The van der Waals surface area contributed by atoms with E-state index in [1.807, 2.05) is 6.07 Å². The van der Waals surface area contributed by atoms with E-state index in [9.17, 15) is 0 Å². The van der Waals surface area contributed by atoms with Crippen molar-refractivity contribution in [3.63, 3.8) is 0 Å². The Hall–Kier alpha value is -2.39. The molecule has 0 saturated carbocycles. The van der Waals surface area contributed by atoms with Crippen molar-refractivity contribution < 1.29 is 0 Å². The van der Waals surface area contributed by atoms with Gasteiger partial charge in [0.15, 0.2) is 0 Å². The van der Waals surface area contributed by atoms with Crippen molar-refractivity contribution in [2.45, 2.75) is 38.6 Å². The highest BCUT2D eigenvalue weighted by Crippen LogP contribution is 2.32. The minimum Gasteiger partial charge on any atom is -0.384 e. The lowest BCUT2D eigenvalue weighted by Crippen LogP contribution is -2.10. The van der Waals surface area contributed by atoms with Gasteiger partial charge >= 0.3 is 0 Å². The monoisotopic (exact) mass is 317 g/mol. The Balaban J connectivity index is 1.83. The van der Waals surface area contributed by atoms with Crippen molar-refractivity contribution in [1.29, 1.82) is 0 Å². The van der Waals surface area contributed by atoms with Gasteiger partial charge in [-0.3, -0.25) is 0 Å². The first kappa shape index (κ1) is 15.2. The maximum Gasteiger partial charge on any atom is 0.124 e.